The first-order valence-corrected chi connectivity index (χ1v) is 8.53. The van der Waals surface area contributed by atoms with E-state index in [4.69, 9.17) is 0 Å². The van der Waals surface area contributed by atoms with Gasteiger partial charge in [-0.1, -0.05) is 19.0 Å². The van der Waals surface area contributed by atoms with Crippen LogP contribution in [0.25, 0.3) is 0 Å². The smallest absolute Gasteiger partial charge is 0.250 e. The van der Waals surface area contributed by atoms with E-state index in [1.807, 2.05) is 19.2 Å². The highest BCUT2D eigenvalue weighted by atomic mass is 32.2. The molecule has 0 fully saturated rings. The van der Waals surface area contributed by atoms with E-state index in [1.165, 1.54) is 17.6 Å². The second-order valence-corrected chi connectivity index (χ2v) is 7.53. The summed E-state index contributed by atoms with van der Waals surface area (Å²) >= 11 is 1.21. The minimum Gasteiger partial charge on any atom is -0.364 e. The van der Waals surface area contributed by atoms with Crippen molar-refractivity contribution in [2.45, 2.75) is 37.2 Å². The maximum Gasteiger partial charge on any atom is 0.250 e. The molecule has 0 radical (unpaired) electrons. The number of thiophene rings is 1. The molecule has 2 rings (SSSR count). The third-order valence-electron chi connectivity index (χ3n) is 2.54. The largest absolute Gasteiger partial charge is 0.364 e. The molecule has 0 aliphatic heterocycles. The molecule has 6 nitrogen and oxygen atoms in total. The van der Waals surface area contributed by atoms with E-state index in [-0.39, 0.29) is 6.54 Å². The lowest BCUT2D eigenvalue weighted by Crippen LogP contribution is -2.23. The van der Waals surface area contributed by atoms with Gasteiger partial charge in [-0.2, -0.15) is 0 Å². The van der Waals surface area contributed by atoms with Gasteiger partial charge in [0, 0.05) is 18.7 Å². The van der Waals surface area contributed by atoms with Crippen LogP contribution >= 0.6 is 11.3 Å². The molecule has 0 unspecified atom stereocenters. The maximum atomic E-state index is 12.1. The van der Waals surface area contributed by atoms with Gasteiger partial charge in [0.05, 0.1) is 12.2 Å². The predicted octanol–water partition coefficient (Wildman–Crippen LogP) is 1.71. The van der Waals surface area contributed by atoms with Crippen molar-refractivity contribution in [1.82, 2.24) is 15.2 Å². The van der Waals surface area contributed by atoms with Crippen LogP contribution in [-0.2, 0) is 23.1 Å². The van der Waals surface area contributed by atoms with Crippen molar-refractivity contribution in [3.8, 4) is 0 Å². The van der Waals surface area contributed by atoms with Crippen molar-refractivity contribution in [3.63, 3.8) is 0 Å². The van der Waals surface area contributed by atoms with E-state index in [1.54, 1.807) is 12.1 Å². The van der Waals surface area contributed by atoms with Crippen molar-refractivity contribution in [2.24, 2.45) is 0 Å². The fourth-order valence-corrected chi connectivity index (χ4v) is 3.73. The van der Waals surface area contributed by atoms with Gasteiger partial charge in [0.25, 0.3) is 0 Å². The lowest BCUT2D eigenvalue weighted by atomic mass is 10.3. The molecule has 8 heteroatoms. The average Bonchev–Trinajstić information content (AvgIpc) is 3.05. The van der Waals surface area contributed by atoms with Crippen LogP contribution in [0.15, 0.2) is 32.5 Å². The normalized spacial score (nSPS) is 12.2. The van der Waals surface area contributed by atoms with Gasteiger partial charge in [-0.05, 0) is 17.0 Å². The van der Waals surface area contributed by atoms with Crippen molar-refractivity contribution >= 4 is 21.4 Å². The monoisotopic (exact) mass is 315 g/mol. The molecule has 0 saturated carbocycles. The van der Waals surface area contributed by atoms with Crippen LogP contribution in [-0.4, -0.2) is 19.6 Å². The molecule has 0 atom stereocenters. The summed E-state index contributed by atoms with van der Waals surface area (Å²) in [7, 11) is -3.50. The first-order valence-electron chi connectivity index (χ1n) is 6.17. The zero-order valence-corrected chi connectivity index (χ0v) is 12.9. The van der Waals surface area contributed by atoms with Crippen molar-refractivity contribution in [1.29, 1.82) is 0 Å². The molecule has 0 aliphatic carbocycles. The summed E-state index contributed by atoms with van der Waals surface area (Å²) in [6, 6.07) is 3.67. The molecular weight excluding hydrogens is 298 g/mol. The minimum atomic E-state index is -3.50. The van der Waals surface area contributed by atoms with Crippen LogP contribution in [0.5, 0.6) is 0 Å². The standard InChI is InChI=1S/C12H17N3O3S2/c1-9(2)13-6-10-5-12(19-8-10)20(16,17)14-7-11-3-4-18-15-11/h3-5,8-9,13-14H,6-7H2,1-2H3. The highest BCUT2D eigenvalue weighted by Crippen LogP contribution is 2.20. The van der Waals surface area contributed by atoms with E-state index in [2.05, 4.69) is 19.7 Å². The average molecular weight is 315 g/mol. The number of hydrogen-bond donors (Lipinski definition) is 2. The minimum absolute atomic E-state index is 0.121. The lowest BCUT2D eigenvalue weighted by molar-refractivity contribution is 0.411. The van der Waals surface area contributed by atoms with Gasteiger partial charge in [-0.25, -0.2) is 13.1 Å². The third-order valence-corrected chi connectivity index (χ3v) is 5.43. The third kappa shape index (κ3) is 4.14. The van der Waals surface area contributed by atoms with E-state index in [0.29, 0.717) is 22.5 Å². The molecule has 0 aromatic carbocycles. The first kappa shape index (κ1) is 15.2. The van der Waals surface area contributed by atoms with E-state index < -0.39 is 10.0 Å². The number of sulfonamides is 1. The van der Waals surface area contributed by atoms with E-state index in [0.717, 1.165) is 5.56 Å². The second kappa shape index (κ2) is 6.49. The summed E-state index contributed by atoms with van der Waals surface area (Å²) in [6.45, 7) is 4.87. The summed E-state index contributed by atoms with van der Waals surface area (Å²) < 4.78 is 31.7. The fourth-order valence-electron chi connectivity index (χ4n) is 1.48. The summed E-state index contributed by atoms with van der Waals surface area (Å²) in [5.41, 5.74) is 1.51. The SMILES string of the molecule is CC(C)NCc1csc(S(=O)(=O)NCc2ccon2)c1. The molecule has 2 aromatic heterocycles. The molecule has 0 bridgehead atoms. The fraction of sp³-hybridized carbons (Fsp3) is 0.417. The molecule has 2 heterocycles. The van der Waals surface area contributed by atoms with Crippen LogP contribution in [0.3, 0.4) is 0 Å². The Morgan fingerprint density at radius 1 is 1.40 bits per heavy atom. The Morgan fingerprint density at radius 2 is 2.20 bits per heavy atom. The van der Waals surface area contributed by atoms with Gasteiger partial charge >= 0.3 is 0 Å². The Morgan fingerprint density at radius 3 is 2.85 bits per heavy atom. The van der Waals surface area contributed by atoms with Crippen LogP contribution in [0.1, 0.15) is 25.1 Å². The van der Waals surface area contributed by atoms with Crippen LogP contribution in [0.2, 0.25) is 0 Å². The summed E-state index contributed by atoms with van der Waals surface area (Å²) in [5, 5.41) is 8.76. The number of hydrogen-bond acceptors (Lipinski definition) is 6. The number of nitrogens with zero attached hydrogens (tertiary/aromatic N) is 1. The summed E-state index contributed by atoms with van der Waals surface area (Å²) in [6.07, 6.45) is 1.41. The maximum absolute atomic E-state index is 12.1. The highest BCUT2D eigenvalue weighted by Gasteiger charge is 2.17. The molecule has 110 valence electrons. The van der Waals surface area contributed by atoms with Crippen LogP contribution in [0, 0.1) is 0 Å². The van der Waals surface area contributed by atoms with Gasteiger partial charge in [0.2, 0.25) is 10.0 Å². The molecule has 0 aliphatic rings. The number of aromatic nitrogens is 1. The molecule has 2 N–H and O–H groups in total. The molecular formula is C12H17N3O3S2. The molecule has 0 spiro atoms. The second-order valence-electron chi connectivity index (χ2n) is 4.62. The van der Waals surface area contributed by atoms with Crippen molar-refractivity contribution < 1.29 is 12.9 Å². The topological polar surface area (TPSA) is 84.2 Å². The van der Waals surface area contributed by atoms with Crippen LogP contribution in [0.4, 0.5) is 0 Å². The quantitative estimate of drug-likeness (QED) is 0.812. The number of rotatable bonds is 7. The number of nitrogens with one attached hydrogen (secondary N) is 2. The molecule has 2 aromatic rings. The van der Waals surface area contributed by atoms with Crippen LogP contribution < -0.4 is 10.0 Å². The van der Waals surface area contributed by atoms with Crippen molar-refractivity contribution in [3.05, 3.63) is 35.0 Å². The molecule has 0 saturated heterocycles. The van der Waals surface area contributed by atoms with Crippen molar-refractivity contribution in [2.75, 3.05) is 0 Å². The summed E-state index contributed by atoms with van der Waals surface area (Å²) in [5.74, 6) is 0. The van der Waals surface area contributed by atoms with Gasteiger partial charge in [0.15, 0.2) is 0 Å². The van der Waals surface area contributed by atoms with Gasteiger partial charge in [-0.3, -0.25) is 0 Å². The van der Waals surface area contributed by atoms with E-state index in [9.17, 15) is 8.42 Å². The predicted molar refractivity (Wildman–Crippen MR) is 76.8 cm³/mol. The Balaban J connectivity index is 1.98. The molecule has 0 amide bonds. The van der Waals surface area contributed by atoms with Gasteiger partial charge in [-0.15, -0.1) is 11.3 Å². The first-order chi connectivity index (χ1) is 9.47. The Bertz CT molecular complexity index is 633. The van der Waals surface area contributed by atoms with Gasteiger partial charge < -0.3 is 9.84 Å². The Hall–Kier alpha value is -1.22. The highest BCUT2D eigenvalue weighted by molar-refractivity contribution is 7.91. The van der Waals surface area contributed by atoms with E-state index >= 15 is 0 Å². The molecule has 20 heavy (non-hydrogen) atoms. The Labute approximate surface area is 122 Å². The zero-order valence-electron chi connectivity index (χ0n) is 11.3. The van der Waals surface area contributed by atoms with Gasteiger partial charge in [0.1, 0.15) is 10.5 Å². The summed E-state index contributed by atoms with van der Waals surface area (Å²) in [4.78, 5) is 0. The zero-order chi connectivity index (χ0) is 14.6. The lowest BCUT2D eigenvalue weighted by Gasteiger charge is -2.05. The Kier molecular flexibility index (Phi) is 4.92.